The number of hydrogen-bond donors (Lipinski definition) is 2. The van der Waals surface area contributed by atoms with Crippen LogP contribution in [0.5, 0.6) is 11.5 Å². The molecule has 0 aliphatic carbocycles. The summed E-state index contributed by atoms with van der Waals surface area (Å²) in [5.74, 6) is 1.12. The van der Waals surface area contributed by atoms with Crippen molar-refractivity contribution in [3.05, 3.63) is 166 Å². The fourth-order valence-corrected chi connectivity index (χ4v) is 6.00. The summed E-state index contributed by atoms with van der Waals surface area (Å²) >= 11 is 0. The van der Waals surface area contributed by atoms with Crippen LogP contribution in [0.2, 0.25) is 0 Å². The molecule has 1 fully saturated rings. The SMILES string of the molecule is C=C1[C@H](n2cc(C)c(NC(=O)c3ccccc3)nc2=O)O[C@H](COC(c2ccccc2)(c2ccc(OC)cc2)c2ccc(OC)cc2)[C@H]1O. The Morgan fingerprint density at radius 2 is 1.41 bits per heavy atom. The Kier molecular flexibility index (Phi) is 9.72. The van der Waals surface area contributed by atoms with Crippen molar-refractivity contribution in [2.75, 3.05) is 26.1 Å². The fraction of sp³-hybridized carbons (Fsp3) is 0.205. The number of nitrogens with one attached hydrogen (secondary N) is 1. The van der Waals surface area contributed by atoms with Crippen molar-refractivity contribution >= 4 is 11.7 Å². The lowest BCUT2D eigenvalue weighted by Crippen LogP contribution is -2.38. The highest BCUT2D eigenvalue weighted by Gasteiger charge is 2.44. The Morgan fingerprint density at radius 1 is 0.878 bits per heavy atom. The Balaban J connectivity index is 1.31. The van der Waals surface area contributed by atoms with Crippen LogP contribution < -0.4 is 20.5 Å². The van der Waals surface area contributed by atoms with Crippen molar-refractivity contribution in [2.24, 2.45) is 0 Å². The molecule has 10 nitrogen and oxygen atoms in total. The van der Waals surface area contributed by atoms with Gasteiger partial charge in [-0.3, -0.25) is 9.36 Å². The second-order valence-corrected chi connectivity index (χ2v) is 11.6. The number of rotatable bonds is 11. The molecule has 1 aromatic heterocycles. The van der Waals surface area contributed by atoms with Crippen LogP contribution in [0.3, 0.4) is 0 Å². The number of carbonyl (C=O) groups excluding carboxylic acids is 1. The minimum Gasteiger partial charge on any atom is -0.497 e. The lowest BCUT2D eigenvalue weighted by atomic mass is 9.80. The largest absolute Gasteiger partial charge is 0.497 e. The maximum Gasteiger partial charge on any atom is 0.351 e. The van der Waals surface area contributed by atoms with Crippen LogP contribution in [0.1, 0.15) is 38.8 Å². The summed E-state index contributed by atoms with van der Waals surface area (Å²) in [5.41, 5.74) is 1.89. The number of hydrogen-bond acceptors (Lipinski definition) is 8. The van der Waals surface area contributed by atoms with E-state index >= 15 is 0 Å². The molecule has 2 N–H and O–H groups in total. The van der Waals surface area contributed by atoms with Gasteiger partial charge in [-0.15, -0.1) is 0 Å². The van der Waals surface area contributed by atoms with Gasteiger partial charge in [-0.25, -0.2) is 4.79 Å². The molecule has 0 saturated carbocycles. The standard InChI is InChI=1S/C39H37N3O7/c1-25-23-42(38(45)41-35(25)40-36(44)27-11-7-5-8-12-27)37-26(2)34(43)33(49-37)24-48-39(28-13-9-6-10-14-28,29-15-19-31(46-3)20-16-29)30-17-21-32(47-4)22-18-30/h5-23,33-34,37,43H,2,24H2,1,3-4H3,(H,40,41,44,45)/t33-,34+,37-/m1/s1. The van der Waals surface area contributed by atoms with Gasteiger partial charge in [0.2, 0.25) is 0 Å². The van der Waals surface area contributed by atoms with Gasteiger partial charge in [-0.1, -0.05) is 79.4 Å². The van der Waals surface area contributed by atoms with E-state index in [1.807, 2.05) is 84.9 Å². The molecule has 49 heavy (non-hydrogen) atoms. The predicted molar refractivity (Wildman–Crippen MR) is 185 cm³/mol. The summed E-state index contributed by atoms with van der Waals surface area (Å²) in [7, 11) is 3.22. The summed E-state index contributed by atoms with van der Waals surface area (Å²) in [5, 5.41) is 14.1. The van der Waals surface area contributed by atoms with Crippen molar-refractivity contribution in [1.82, 2.24) is 9.55 Å². The first-order valence-electron chi connectivity index (χ1n) is 15.7. The van der Waals surface area contributed by atoms with E-state index in [0.717, 1.165) is 16.7 Å². The van der Waals surface area contributed by atoms with Crippen LogP contribution in [0, 0.1) is 6.92 Å². The molecule has 10 heteroatoms. The third-order valence-electron chi connectivity index (χ3n) is 8.65. The predicted octanol–water partition coefficient (Wildman–Crippen LogP) is 5.64. The number of nitrogens with zero attached hydrogens (tertiary/aromatic N) is 2. The number of aliphatic hydroxyl groups excluding tert-OH is 1. The van der Waals surface area contributed by atoms with E-state index in [4.69, 9.17) is 18.9 Å². The molecule has 4 aromatic carbocycles. The van der Waals surface area contributed by atoms with Gasteiger partial charge in [-0.05, 0) is 60.0 Å². The molecule has 2 heterocycles. The van der Waals surface area contributed by atoms with Crippen LogP contribution in [0.25, 0.3) is 0 Å². The maximum absolute atomic E-state index is 13.3. The lowest BCUT2D eigenvalue weighted by Gasteiger charge is -2.37. The smallest absolute Gasteiger partial charge is 0.351 e. The van der Waals surface area contributed by atoms with Gasteiger partial charge in [0.15, 0.2) is 6.23 Å². The van der Waals surface area contributed by atoms with E-state index in [-0.39, 0.29) is 18.0 Å². The number of aromatic nitrogens is 2. The van der Waals surface area contributed by atoms with Gasteiger partial charge in [0.05, 0.1) is 20.8 Å². The molecule has 1 aliphatic heterocycles. The number of methoxy groups -OCH3 is 2. The zero-order valence-corrected chi connectivity index (χ0v) is 27.4. The number of ether oxygens (including phenoxy) is 4. The molecule has 1 aliphatic rings. The topological polar surface area (TPSA) is 121 Å². The highest BCUT2D eigenvalue weighted by atomic mass is 16.6. The highest BCUT2D eigenvalue weighted by molar-refractivity contribution is 6.04. The molecule has 0 bridgehead atoms. The average molecular weight is 660 g/mol. The third-order valence-corrected chi connectivity index (χ3v) is 8.65. The monoisotopic (exact) mass is 659 g/mol. The van der Waals surface area contributed by atoms with Crippen molar-refractivity contribution in [1.29, 1.82) is 0 Å². The number of aliphatic hydroxyl groups is 1. The molecule has 250 valence electrons. The summed E-state index contributed by atoms with van der Waals surface area (Å²) in [4.78, 5) is 30.1. The first-order chi connectivity index (χ1) is 23.7. The van der Waals surface area contributed by atoms with Gasteiger partial charge in [-0.2, -0.15) is 4.98 Å². The van der Waals surface area contributed by atoms with Crippen LogP contribution in [0.4, 0.5) is 5.82 Å². The minimum atomic E-state index is -1.16. The van der Waals surface area contributed by atoms with Gasteiger partial charge in [0, 0.05) is 22.9 Å². The van der Waals surface area contributed by atoms with E-state index in [0.29, 0.717) is 22.6 Å². The highest BCUT2D eigenvalue weighted by Crippen LogP contribution is 2.43. The summed E-state index contributed by atoms with van der Waals surface area (Å²) in [6.45, 7) is 5.71. The summed E-state index contributed by atoms with van der Waals surface area (Å²) in [6.07, 6.45) is -1.53. The molecule has 1 amide bonds. The molecular formula is C39H37N3O7. The summed E-state index contributed by atoms with van der Waals surface area (Å²) in [6, 6.07) is 33.6. The zero-order chi connectivity index (χ0) is 34.5. The van der Waals surface area contributed by atoms with Gasteiger partial charge in [0.1, 0.15) is 35.1 Å². The second kappa shape index (κ2) is 14.3. The van der Waals surface area contributed by atoms with Crippen LogP contribution in [-0.2, 0) is 15.1 Å². The maximum atomic E-state index is 13.3. The van der Waals surface area contributed by atoms with Gasteiger partial charge in [0.25, 0.3) is 5.91 Å². The van der Waals surface area contributed by atoms with E-state index in [1.165, 1.54) is 10.8 Å². The Hall–Kier alpha value is -5.55. The normalized spacial score (nSPS) is 17.5. The fourth-order valence-electron chi connectivity index (χ4n) is 6.00. The number of benzene rings is 4. The average Bonchev–Trinajstić information content (AvgIpc) is 3.43. The zero-order valence-electron chi connectivity index (χ0n) is 27.4. The number of aryl methyl sites for hydroxylation is 1. The Morgan fingerprint density at radius 3 is 1.96 bits per heavy atom. The molecule has 0 unspecified atom stereocenters. The molecule has 0 radical (unpaired) electrons. The molecule has 3 atom stereocenters. The van der Waals surface area contributed by atoms with E-state index in [1.54, 1.807) is 45.4 Å². The van der Waals surface area contributed by atoms with Crippen molar-refractivity contribution in [3.8, 4) is 11.5 Å². The van der Waals surface area contributed by atoms with Gasteiger partial charge < -0.3 is 29.4 Å². The number of anilines is 1. The summed E-state index contributed by atoms with van der Waals surface area (Å²) < 4.78 is 25.3. The van der Waals surface area contributed by atoms with E-state index < -0.39 is 35.6 Å². The molecule has 6 rings (SSSR count). The van der Waals surface area contributed by atoms with Crippen molar-refractivity contribution in [3.63, 3.8) is 0 Å². The quantitative estimate of drug-likeness (QED) is 0.138. The first kappa shape index (κ1) is 33.4. The van der Waals surface area contributed by atoms with Crippen molar-refractivity contribution in [2.45, 2.75) is 31.0 Å². The molecular weight excluding hydrogens is 622 g/mol. The van der Waals surface area contributed by atoms with E-state index in [9.17, 15) is 14.7 Å². The van der Waals surface area contributed by atoms with Crippen molar-refractivity contribution < 1.29 is 28.8 Å². The molecule has 0 spiro atoms. The molecule has 5 aromatic rings. The Bertz CT molecular complexity index is 1930. The van der Waals surface area contributed by atoms with Crippen LogP contribution >= 0.6 is 0 Å². The lowest BCUT2D eigenvalue weighted by molar-refractivity contribution is -0.0941. The number of amides is 1. The third kappa shape index (κ3) is 6.62. The molecule has 1 saturated heterocycles. The van der Waals surface area contributed by atoms with Gasteiger partial charge >= 0.3 is 5.69 Å². The second-order valence-electron chi connectivity index (χ2n) is 11.6. The van der Waals surface area contributed by atoms with E-state index in [2.05, 4.69) is 16.9 Å². The minimum absolute atomic E-state index is 0.0734. The first-order valence-corrected chi connectivity index (χ1v) is 15.7. The number of carbonyl (C=O) groups is 1. The Labute approximate surface area is 284 Å². The van der Waals surface area contributed by atoms with Crippen LogP contribution in [0.15, 0.2) is 132 Å². The van der Waals surface area contributed by atoms with Crippen LogP contribution in [-0.4, -0.2) is 53.6 Å².